The summed E-state index contributed by atoms with van der Waals surface area (Å²) in [6.07, 6.45) is 0.937. The van der Waals surface area contributed by atoms with Gasteiger partial charge in [0.1, 0.15) is 5.82 Å². The number of nitrogens with zero attached hydrogens (tertiary/aromatic N) is 2. The first-order valence-corrected chi connectivity index (χ1v) is 7.12. The summed E-state index contributed by atoms with van der Waals surface area (Å²) in [7, 11) is 0. The summed E-state index contributed by atoms with van der Waals surface area (Å²) in [5.74, 6) is 0.828. The Labute approximate surface area is 110 Å². The van der Waals surface area contributed by atoms with Crippen molar-refractivity contribution in [2.75, 3.05) is 0 Å². The van der Waals surface area contributed by atoms with Crippen molar-refractivity contribution in [2.45, 2.75) is 35.5 Å². The molecule has 0 fully saturated rings. The van der Waals surface area contributed by atoms with Gasteiger partial charge in [-0.15, -0.1) is 0 Å². The zero-order valence-corrected chi connectivity index (χ0v) is 11.5. The van der Waals surface area contributed by atoms with Crippen molar-refractivity contribution in [3.63, 3.8) is 0 Å². The van der Waals surface area contributed by atoms with Gasteiger partial charge in [0.2, 0.25) is 0 Å². The summed E-state index contributed by atoms with van der Waals surface area (Å²) < 4.78 is 5.16. The Morgan fingerprint density at radius 3 is 2.82 bits per heavy atom. The molecular formula is C12H15N3S2. The molecule has 90 valence electrons. The van der Waals surface area contributed by atoms with Gasteiger partial charge in [-0.05, 0) is 36.5 Å². The number of aryl methyl sites for hydroxylation is 1. The number of rotatable bonds is 4. The molecule has 0 saturated heterocycles. The zero-order valence-electron chi connectivity index (χ0n) is 9.88. The highest BCUT2D eigenvalue weighted by atomic mass is 32.2. The minimum atomic E-state index is 0.0905. The normalized spacial score (nSPS) is 12.6. The first-order valence-electron chi connectivity index (χ1n) is 5.53. The molecule has 5 heteroatoms. The van der Waals surface area contributed by atoms with Gasteiger partial charge < -0.3 is 5.73 Å². The molecule has 17 heavy (non-hydrogen) atoms. The molecule has 2 aromatic rings. The largest absolute Gasteiger partial charge is 0.324 e. The van der Waals surface area contributed by atoms with Crippen LogP contribution in [0, 0.1) is 6.92 Å². The molecule has 0 spiro atoms. The van der Waals surface area contributed by atoms with Crippen LogP contribution in [-0.2, 0) is 0 Å². The highest BCUT2D eigenvalue weighted by Gasteiger charge is 2.11. The molecule has 2 N–H and O–H groups in total. The Bertz CT molecular complexity index is 496. The summed E-state index contributed by atoms with van der Waals surface area (Å²) in [6, 6.07) is 8.33. The SMILES string of the molecule is CC[C@@H](N)c1ccccc1Sc1nc(C)ns1. The minimum Gasteiger partial charge on any atom is -0.324 e. The lowest BCUT2D eigenvalue weighted by Gasteiger charge is -2.13. The minimum absolute atomic E-state index is 0.0905. The van der Waals surface area contributed by atoms with E-state index in [4.69, 9.17) is 5.73 Å². The number of benzene rings is 1. The third kappa shape index (κ3) is 3.06. The van der Waals surface area contributed by atoms with E-state index in [1.54, 1.807) is 11.8 Å². The molecule has 0 saturated carbocycles. The molecule has 0 aliphatic carbocycles. The summed E-state index contributed by atoms with van der Waals surface area (Å²) >= 11 is 3.08. The summed E-state index contributed by atoms with van der Waals surface area (Å²) in [6.45, 7) is 4.01. The molecular weight excluding hydrogens is 250 g/mol. The molecule has 1 aromatic heterocycles. The van der Waals surface area contributed by atoms with Crippen LogP contribution in [0.2, 0.25) is 0 Å². The number of hydrogen-bond acceptors (Lipinski definition) is 5. The van der Waals surface area contributed by atoms with E-state index in [2.05, 4.69) is 28.4 Å². The lowest BCUT2D eigenvalue weighted by molar-refractivity contribution is 0.685. The molecule has 2 rings (SSSR count). The molecule has 0 unspecified atom stereocenters. The van der Waals surface area contributed by atoms with E-state index < -0.39 is 0 Å². The average Bonchev–Trinajstić information content (AvgIpc) is 2.74. The third-order valence-electron chi connectivity index (χ3n) is 2.46. The maximum atomic E-state index is 6.11. The van der Waals surface area contributed by atoms with Crippen molar-refractivity contribution in [3.05, 3.63) is 35.7 Å². The average molecular weight is 265 g/mol. The van der Waals surface area contributed by atoms with Crippen molar-refractivity contribution < 1.29 is 0 Å². The second-order valence-corrected chi connectivity index (χ2v) is 5.80. The predicted octanol–water partition coefficient (Wildman–Crippen LogP) is 3.41. The second-order valence-electron chi connectivity index (χ2n) is 3.76. The van der Waals surface area contributed by atoms with Crippen LogP contribution in [0.3, 0.4) is 0 Å². The Hall–Kier alpha value is -0.910. The van der Waals surface area contributed by atoms with E-state index in [0.717, 1.165) is 16.6 Å². The number of aromatic nitrogens is 2. The molecule has 0 aliphatic rings. The lowest BCUT2D eigenvalue weighted by Crippen LogP contribution is -2.09. The van der Waals surface area contributed by atoms with Crippen molar-refractivity contribution in [1.82, 2.24) is 9.36 Å². The molecule has 1 heterocycles. The van der Waals surface area contributed by atoms with Gasteiger partial charge in [-0.25, -0.2) is 4.98 Å². The first kappa shape index (κ1) is 12.5. The Balaban J connectivity index is 2.26. The summed E-state index contributed by atoms with van der Waals surface area (Å²) in [4.78, 5) is 5.54. The van der Waals surface area contributed by atoms with Crippen LogP contribution in [0.15, 0.2) is 33.5 Å². The van der Waals surface area contributed by atoms with E-state index in [-0.39, 0.29) is 6.04 Å². The Kier molecular flexibility index (Phi) is 4.15. The number of hydrogen-bond donors (Lipinski definition) is 1. The Morgan fingerprint density at radius 1 is 1.41 bits per heavy atom. The topological polar surface area (TPSA) is 51.8 Å². The Morgan fingerprint density at radius 2 is 2.18 bits per heavy atom. The maximum absolute atomic E-state index is 6.11. The second kappa shape index (κ2) is 5.62. The molecule has 0 bridgehead atoms. The van der Waals surface area contributed by atoms with Gasteiger partial charge in [0, 0.05) is 10.9 Å². The highest BCUT2D eigenvalue weighted by molar-refractivity contribution is 8.01. The van der Waals surface area contributed by atoms with E-state index in [0.29, 0.717) is 0 Å². The van der Waals surface area contributed by atoms with Gasteiger partial charge >= 0.3 is 0 Å². The van der Waals surface area contributed by atoms with Crippen LogP contribution in [0.1, 0.15) is 30.8 Å². The van der Waals surface area contributed by atoms with Crippen molar-refractivity contribution >= 4 is 23.3 Å². The summed E-state index contributed by atoms with van der Waals surface area (Å²) in [5.41, 5.74) is 7.30. The van der Waals surface area contributed by atoms with E-state index in [1.165, 1.54) is 22.0 Å². The molecule has 3 nitrogen and oxygen atoms in total. The first-order chi connectivity index (χ1) is 8.20. The standard InChI is InChI=1S/C12H15N3S2/c1-3-10(13)9-6-4-5-7-11(9)16-12-14-8(2)15-17-12/h4-7,10H,3,13H2,1-2H3/t10-/m1/s1. The van der Waals surface area contributed by atoms with Crippen molar-refractivity contribution in [2.24, 2.45) is 5.73 Å². The smallest absolute Gasteiger partial charge is 0.174 e. The zero-order chi connectivity index (χ0) is 12.3. The highest BCUT2D eigenvalue weighted by Crippen LogP contribution is 2.34. The van der Waals surface area contributed by atoms with Gasteiger partial charge in [-0.3, -0.25) is 0 Å². The quantitative estimate of drug-likeness (QED) is 0.920. The van der Waals surface area contributed by atoms with Crippen LogP contribution in [0.4, 0.5) is 0 Å². The maximum Gasteiger partial charge on any atom is 0.174 e. The van der Waals surface area contributed by atoms with Gasteiger partial charge in [0.25, 0.3) is 0 Å². The lowest BCUT2D eigenvalue weighted by atomic mass is 10.1. The fourth-order valence-electron chi connectivity index (χ4n) is 1.51. The molecule has 0 amide bonds. The van der Waals surface area contributed by atoms with Gasteiger partial charge in [0.15, 0.2) is 4.34 Å². The monoisotopic (exact) mass is 265 g/mol. The van der Waals surface area contributed by atoms with Crippen LogP contribution < -0.4 is 5.73 Å². The van der Waals surface area contributed by atoms with Crippen LogP contribution in [0.25, 0.3) is 0 Å². The van der Waals surface area contributed by atoms with Crippen molar-refractivity contribution in [3.8, 4) is 0 Å². The van der Waals surface area contributed by atoms with Gasteiger partial charge in [0.05, 0.1) is 0 Å². The fourth-order valence-corrected chi connectivity index (χ4v) is 3.32. The van der Waals surface area contributed by atoms with Crippen LogP contribution in [0.5, 0.6) is 0 Å². The van der Waals surface area contributed by atoms with Crippen LogP contribution >= 0.6 is 23.3 Å². The van der Waals surface area contributed by atoms with E-state index in [9.17, 15) is 0 Å². The van der Waals surface area contributed by atoms with E-state index >= 15 is 0 Å². The summed E-state index contributed by atoms with van der Waals surface area (Å²) in [5, 5.41) is 0. The molecule has 1 aromatic carbocycles. The number of nitrogens with two attached hydrogens (primary N) is 1. The van der Waals surface area contributed by atoms with Crippen LogP contribution in [-0.4, -0.2) is 9.36 Å². The van der Waals surface area contributed by atoms with Gasteiger partial charge in [-0.2, -0.15) is 4.37 Å². The fraction of sp³-hybridized carbons (Fsp3) is 0.333. The van der Waals surface area contributed by atoms with E-state index in [1.807, 2.05) is 19.1 Å². The molecule has 1 atom stereocenters. The molecule has 0 aliphatic heterocycles. The predicted molar refractivity (Wildman–Crippen MR) is 72.4 cm³/mol. The molecule has 0 radical (unpaired) electrons. The van der Waals surface area contributed by atoms with Gasteiger partial charge in [-0.1, -0.05) is 36.9 Å². The third-order valence-corrected chi connectivity index (χ3v) is 4.40. The van der Waals surface area contributed by atoms with Crippen molar-refractivity contribution in [1.29, 1.82) is 0 Å².